The van der Waals surface area contributed by atoms with Gasteiger partial charge in [-0.15, -0.1) is 0 Å². The smallest absolute Gasteiger partial charge is 0.302 e. The Balaban J connectivity index is 2.04. The van der Waals surface area contributed by atoms with Crippen molar-refractivity contribution < 1.29 is 9.53 Å². The highest BCUT2D eigenvalue weighted by molar-refractivity contribution is 5.66. The SMILES string of the molecule is CCCN1CC2CCCCC(C1)C2OC(C)=O. The van der Waals surface area contributed by atoms with Gasteiger partial charge in [0.05, 0.1) is 0 Å². The lowest BCUT2D eigenvalue weighted by Gasteiger charge is -2.42. The van der Waals surface area contributed by atoms with Crippen LogP contribution in [0.3, 0.4) is 0 Å². The molecular formula is C14H25NO2. The van der Waals surface area contributed by atoms with Gasteiger partial charge in [0.25, 0.3) is 0 Å². The van der Waals surface area contributed by atoms with E-state index in [9.17, 15) is 4.79 Å². The maximum atomic E-state index is 11.2. The number of hydrogen-bond acceptors (Lipinski definition) is 3. The van der Waals surface area contributed by atoms with Crippen molar-refractivity contribution in [2.45, 2.75) is 52.1 Å². The summed E-state index contributed by atoms with van der Waals surface area (Å²) < 4.78 is 5.60. The first-order valence-corrected chi connectivity index (χ1v) is 7.10. The molecular weight excluding hydrogens is 214 g/mol. The van der Waals surface area contributed by atoms with E-state index in [-0.39, 0.29) is 12.1 Å². The van der Waals surface area contributed by atoms with Crippen molar-refractivity contribution in [2.75, 3.05) is 19.6 Å². The van der Waals surface area contributed by atoms with E-state index in [1.165, 1.54) is 38.6 Å². The predicted molar refractivity (Wildman–Crippen MR) is 67.7 cm³/mol. The van der Waals surface area contributed by atoms with Crippen LogP contribution in [0.4, 0.5) is 0 Å². The minimum Gasteiger partial charge on any atom is -0.462 e. The van der Waals surface area contributed by atoms with E-state index in [1.807, 2.05) is 0 Å². The molecule has 2 atom stereocenters. The van der Waals surface area contributed by atoms with Crippen LogP contribution in [0, 0.1) is 11.8 Å². The summed E-state index contributed by atoms with van der Waals surface area (Å²) in [5, 5.41) is 0. The third-order valence-corrected chi connectivity index (χ3v) is 4.16. The monoisotopic (exact) mass is 239 g/mol. The van der Waals surface area contributed by atoms with Crippen molar-refractivity contribution in [2.24, 2.45) is 11.8 Å². The quantitative estimate of drug-likeness (QED) is 0.709. The number of piperidine rings is 1. The topological polar surface area (TPSA) is 29.5 Å². The lowest BCUT2D eigenvalue weighted by Crippen LogP contribution is -2.50. The third kappa shape index (κ3) is 3.21. The van der Waals surface area contributed by atoms with E-state index in [4.69, 9.17) is 4.74 Å². The number of hydrogen-bond donors (Lipinski definition) is 0. The Hall–Kier alpha value is -0.570. The largest absolute Gasteiger partial charge is 0.462 e. The van der Waals surface area contributed by atoms with Gasteiger partial charge in [-0.3, -0.25) is 4.79 Å². The molecule has 3 nitrogen and oxygen atoms in total. The maximum Gasteiger partial charge on any atom is 0.302 e. The fourth-order valence-corrected chi connectivity index (χ4v) is 3.54. The number of carbonyl (C=O) groups excluding carboxylic acids is 1. The summed E-state index contributed by atoms with van der Waals surface area (Å²) in [7, 11) is 0. The first-order chi connectivity index (χ1) is 8.20. The molecule has 98 valence electrons. The lowest BCUT2D eigenvalue weighted by atomic mass is 9.84. The zero-order chi connectivity index (χ0) is 12.3. The van der Waals surface area contributed by atoms with Crippen molar-refractivity contribution in [3.8, 4) is 0 Å². The minimum atomic E-state index is -0.101. The van der Waals surface area contributed by atoms with Gasteiger partial charge in [-0.1, -0.05) is 19.8 Å². The van der Waals surface area contributed by atoms with E-state index in [0.29, 0.717) is 11.8 Å². The van der Waals surface area contributed by atoms with Gasteiger partial charge in [0.2, 0.25) is 0 Å². The fraction of sp³-hybridized carbons (Fsp3) is 0.929. The number of likely N-dealkylation sites (tertiary alicyclic amines) is 1. The summed E-state index contributed by atoms with van der Waals surface area (Å²) in [6.45, 7) is 7.23. The lowest BCUT2D eigenvalue weighted by molar-refractivity contribution is -0.157. The number of rotatable bonds is 3. The molecule has 2 aliphatic rings. The highest BCUT2D eigenvalue weighted by atomic mass is 16.5. The third-order valence-electron chi connectivity index (χ3n) is 4.16. The molecule has 0 radical (unpaired) electrons. The molecule has 2 rings (SSSR count). The number of fused-ring (bicyclic) bond motifs is 2. The molecule has 2 unspecified atom stereocenters. The van der Waals surface area contributed by atoms with Crippen LogP contribution in [0.15, 0.2) is 0 Å². The summed E-state index contributed by atoms with van der Waals surface area (Å²) in [4.78, 5) is 13.8. The standard InChI is InChI=1S/C14H25NO2/c1-3-8-15-9-12-6-4-5-7-13(10-15)14(12)17-11(2)16/h12-14H,3-10H2,1-2H3. The molecule has 1 aliphatic carbocycles. The van der Waals surface area contributed by atoms with Crippen molar-refractivity contribution in [1.82, 2.24) is 4.90 Å². The normalized spacial score (nSPS) is 34.1. The zero-order valence-corrected chi connectivity index (χ0v) is 11.2. The highest BCUT2D eigenvalue weighted by Crippen LogP contribution is 2.35. The molecule has 2 bridgehead atoms. The van der Waals surface area contributed by atoms with E-state index in [2.05, 4.69) is 11.8 Å². The predicted octanol–water partition coefficient (Wildman–Crippen LogP) is 2.45. The van der Waals surface area contributed by atoms with Crippen LogP contribution in [0.5, 0.6) is 0 Å². The summed E-state index contributed by atoms with van der Waals surface area (Å²) in [5.74, 6) is 1.05. The molecule has 1 heterocycles. The first-order valence-electron chi connectivity index (χ1n) is 7.10. The molecule has 0 spiro atoms. The average molecular weight is 239 g/mol. The second-order valence-electron chi connectivity index (χ2n) is 5.64. The molecule has 17 heavy (non-hydrogen) atoms. The van der Waals surface area contributed by atoms with E-state index in [1.54, 1.807) is 6.92 Å². The molecule has 0 aromatic rings. The van der Waals surface area contributed by atoms with Crippen LogP contribution in [-0.2, 0) is 9.53 Å². The second kappa shape index (κ2) is 5.85. The Morgan fingerprint density at radius 1 is 1.24 bits per heavy atom. The molecule has 0 aromatic carbocycles. The number of nitrogens with zero attached hydrogens (tertiary/aromatic N) is 1. The second-order valence-corrected chi connectivity index (χ2v) is 5.64. The number of carbonyl (C=O) groups is 1. The van der Waals surface area contributed by atoms with Crippen molar-refractivity contribution in [1.29, 1.82) is 0 Å². The van der Waals surface area contributed by atoms with E-state index in [0.717, 1.165) is 13.1 Å². The van der Waals surface area contributed by atoms with Gasteiger partial charge in [-0.05, 0) is 25.8 Å². The molecule has 0 amide bonds. The van der Waals surface area contributed by atoms with Gasteiger partial charge in [0, 0.05) is 31.8 Å². The fourth-order valence-electron chi connectivity index (χ4n) is 3.54. The molecule has 2 fully saturated rings. The van der Waals surface area contributed by atoms with Crippen LogP contribution in [-0.4, -0.2) is 36.6 Å². The summed E-state index contributed by atoms with van der Waals surface area (Å²) in [6, 6.07) is 0. The van der Waals surface area contributed by atoms with Gasteiger partial charge in [0.15, 0.2) is 0 Å². The Kier molecular flexibility index (Phi) is 4.43. The zero-order valence-electron chi connectivity index (χ0n) is 11.2. The van der Waals surface area contributed by atoms with E-state index >= 15 is 0 Å². The summed E-state index contributed by atoms with van der Waals surface area (Å²) in [6.07, 6.45) is 6.49. The Morgan fingerprint density at radius 2 is 1.82 bits per heavy atom. The summed E-state index contributed by atoms with van der Waals surface area (Å²) in [5.41, 5.74) is 0. The van der Waals surface area contributed by atoms with Crippen LogP contribution < -0.4 is 0 Å². The van der Waals surface area contributed by atoms with Crippen molar-refractivity contribution in [3.05, 3.63) is 0 Å². The van der Waals surface area contributed by atoms with Crippen LogP contribution >= 0.6 is 0 Å². The molecule has 1 saturated heterocycles. The van der Waals surface area contributed by atoms with Gasteiger partial charge in [0.1, 0.15) is 6.10 Å². The summed E-state index contributed by atoms with van der Waals surface area (Å²) >= 11 is 0. The number of ether oxygens (including phenoxy) is 1. The van der Waals surface area contributed by atoms with Crippen LogP contribution in [0.2, 0.25) is 0 Å². The first kappa shape index (κ1) is 12.9. The minimum absolute atomic E-state index is 0.101. The molecule has 0 aromatic heterocycles. The molecule has 3 heteroatoms. The van der Waals surface area contributed by atoms with E-state index < -0.39 is 0 Å². The van der Waals surface area contributed by atoms with Crippen molar-refractivity contribution >= 4 is 5.97 Å². The Morgan fingerprint density at radius 3 is 2.29 bits per heavy atom. The van der Waals surface area contributed by atoms with Gasteiger partial charge < -0.3 is 9.64 Å². The van der Waals surface area contributed by atoms with Crippen molar-refractivity contribution in [3.63, 3.8) is 0 Å². The van der Waals surface area contributed by atoms with Gasteiger partial charge >= 0.3 is 5.97 Å². The van der Waals surface area contributed by atoms with Crippen LogP contribution in [0.25, 0.3) is 0 Å². The average Bonchev–Trinajstić information content (AvgIpc) is 2.39. The maximum absolute atomic E-state index is 11.2. The number of esters is 1. The molecule has 0 N–H and O–H groups in total. The Bertz CT molecular complexity index is 251. The van der Waals surface area contributed by atoms with Gasteiger partial charge in [-0.25, -0.2) is 0 Å². The Labute approximate surface area is 105 Å². The highest BCUT2D eigenvalue weighted by Gasteiger charge is 2.39. The molecule has 1 aliphatic heterocycles. The van der Waals surface area contributed by atoms with Gasteiger partial charge in [-0.2, -0.15) is 0 Å². The van der Waals surface area contributed by atoms with Crippen LogP contribution in [0.1, 0.15) is 46.0 Å². The molecule has 1 saturated carbocycles.